The molecule has 31 heavy (non-hydrogen) atoms. The molecule has 0 aliphatic heterocycles. The second-order valence-corrected chi connectivity index (χ2v) is 10.4. The number of unbranched alkanes of at least 4 members (excludes halogenated alkanes) is 6. The summed E-state index contributed by atoms with van der Waals surface area (Å²) in [5, 5.41) is 18.4. The smallest absolute Gasteiger partial charge is 0.309 e. The molecule has 4 nitrogen and oxygen atoms in total. The summed E-state index contributed by atoms with van der Waals surface area (Å²) in [6, 6.07) is 6.93. The van der Waals surface area contributed by atoms with E-state index in [-0.39, 0.29) is 5.41 Å². The highest BCUT2D eigenvalue weighted by molar-refractivity contribution is 5.77. The van der Waals surface area contributed by atoms with Crippen molar-refractivity contribution < 1.29 is 19.8 Å². The molecule has 0 saturated heterocycles. The number of aliphatic carboxylic acids is 2. The van der Waals surface area contributed by atoms with E-state index < -0.39 is 17.4 Å². The zero-order valence-corrected chi connectivity index (χ0v) is 19.8. The standard InChI is InChI=1S/C27H42O4/c1-21-18-22(12-8-4-6-10-14-26(2,3)24(28)29)20-23(19-21)13-9-5-7-11-15-27(16-17-27)25(30)31/h18-20H,4-17H2,1-3H3,(H,28,29)(H,30,31). The van der Waals surface area contributed by atoms with E-state index in [0.29, 0.717) is 0 Å². The SMILES string of the molecule is Cc1cc(CCCCCCC(C)(C)C(=O)O)cc(CCCCCCC2(C(=O)O)CC2)c1. The van der Waals surface area contributed by atoms with Gasteiger partial charge in [-0.15, -0.1) is 0 Å². The van der Waals surface area contributed by atoms with Crippen LogP contribution in [0.25, 0.3) is 0 Å². The zero-order valence-electron chi connectivity index (χ0n) is 19.8. The van der Waals surface area contributed by atoms with E-state index in [2.05, 4.69) is 25.1 Å². The van der Waals surface area contributed by atoms with E-state index in [9.17, 15) is 19.8 Å². The van der Waals surface area contributed by atoms with Gasteiger partial charge in [-0.05, 0) is 83.3 Å². The quantitative estimate of drug-likeness (QED) is 0.278. The minimum atomic E-state index is -0.702. The highest BCUT2D eigenvalue weighted by atomic mass is 16.4. The van der Waals surface area contributed by atoms with Gasteiger partial charge in [0, 0.05) is 0 Å². The van der Waals surface area contributed by atoms with Gasteiger partial charge >= 0.3 is 11.9 Å². The number of hydrogen-bond donors (Lipinski definition) is 2. The maximum atomic E-state index is 11.2. The fourth-order valence-corrected chi connectivity index (χ4v) is 4.46. The molecule has 1 aromatic carbocycles. The van der Waals surface area contributed by atoms with Crippen LogP contribution in [0.5, 0.6) is 0 Å². The van der Waals surface area contributed by atoms with Gasteiger partial charge in [-0.25, -0.2) is 0 Å². The summed E-state index contributed by atoms with van der Waals surface area (Å²) < 4.78 is 0. The maximum Gasteiger partial charge on any atom is 0.309 e. The lowest BCUT2D eigenvalue weighted by Crippen LogP contribution is -2.23. The van der Waals surface area contributed by atoms with Crippen LogP contribution in [0, 0.1) is 17.8 Å². The van der Waals surface area contributed by atoms with E-state index in [4.69, 9.17) is 0 Å². The predicted octanol–water partition coefficient (Wildman–Crippen LogP) is 6.96. The number of carbonyl (C=O) groups is 2. The Morgan fingerprint density at radius 3 is 1.84 bits per heavy atom. The fraction of sp³-hybridized carbons (Fsp3) is 0.704. The molecule has 0 bridgehead atoms. The van der Waals surface area contributed by atoms with Crippen molar-refractivity contribution in [3.8, 4) is 0 Å². The minimum Gasteiger partial charge on any atom is -0.481 e. The molecule has 0 unspecified atom stereocenters. The Bertz CT molecular complexity index is 685. The van der Waals surface area contributed by atoms with Crippen LogP contribution in [-0.2, 0) is 22.4 Å². The second kappa shape index (κ2) is 11.7. The van der Waals surface area contributed by atoms with Crippen molar-refractivity contribution in [1.29, 1.82) is 0 Å². The molecule has 0 radical (unpaired) electrons. The highest BCUT2D eigenvalue weighted by Gasteiger charge is 2.49. The largest absolute Gasteiger partial charge is 0.481 e. The number of rotatable bonds is 16. The molecule has 0 amide bonds. The molecule has 0 aromatic heterocycles. The lowest BCUT2D eigenvalue weighted by molar-refractivity contribution is -0.147. The van der Waals surface area contributed by atoms with Crippen molar-refractivity contribution in [3.63, 3.8) is 0 Å². The average molecular weight is 431 g/mol. The number of carboxylic acids is 2. The van der Waals surface area contributed by atoms with Crippen LogP contribution >= 0.6 is 0 Å². The molecule has 1 aromatic rings. The third-order valence-corrected chi connectivity index (χ3v) is 6.97. The van der Waals surface area contributed by atoms with Gasteiger partial charge in [0.15, 0.2) is 0 Å². The molecule has 1 fully saturated rings. The molecule has 1 aliphatic carbocycles. The predicted molar refractivity (Wildman–Crippen MR) is 125 cm³/mol. The molecule has 174 valence electrons. The number of benzene rings is 1. The molecular formula is C27H42O4. The Hall–Kier alpha value is -1.84. The number of hydrogen-bond acceptors (Lipinski definition) is 2. The summed E-state index contributed by atoms with van der Waals surface area (Å²) in [5.41, 5.74) is 3.19. The Balaban J connectivity index is 1.61. The van der Waals surface area contributed by atoms with Crippen LogP contribution < -0.4 is 0 Å². The Morgan fingerprint density at radius 1 is 0.839 bits per heavy atom. The summed E-state index contributed by atoms with van der Waals surface area (Å²) in [4.78, 5) is 22.4. The van der Waals surface area contributed by atoms with Gasteiger partial charge in [-0.1, -0.05) is 62.3 Å². The summed E-state index contributed by atoms with van der Waals surface area (Å²) >= 11 is 0. The first-order valence-corrected chi connectivity index (χ1v) is 12.2. The van der Waals surface area contributed by atoms with E-state index in [1.807, 2.05) is 13.8 Å². The molecule has 2 rings (SSSR count). The lowest BCUT2D eigenvalue weighted by atomic mass is 9.87. The first-order valence-electron chi connectivity index (χ1n) is 12.2. The van der Waals surface area contributed by atoms with Gasteiger partial charge in [-0.2, -0.15) is 0 Å². The highest BCUT2D eigenvalue weighted by Crippen LogP contribution is 2.50. The monoisotopic (exact) mass is 430 g/mol. The molecule has 0 heterocycles. The Kier molecular flexibility index (Phi) is 9.58. The Morgan fingerprint density at radius 2 is 1.35 bits per heavy atom. The molecule has 2 N–H and O–H groups in total. The van der Waals surface area contributed by atoms with E-state index in [1.54, 1.807) is 0 Å². The van der Waals surface area contributed by atoms with Crippen molar-refractivity contribution >= 4 is 11.9 Å². The fourth-order valence-electron chi connectivity index (χ4n) is 4.46. The van der Waals surface area contributed by atoms with Crippen LogP contribution in [0.15, 0.2) is 18.2 Å². The van der Waals surface area contributed by atoms with Gasteiger partial charge in [0.05, 0.1) is 10.8 Å². The summed E-state index contributed by atoms with van der Waals surface area (Å²) in [7, 11) is 0. The second-order valence-electron chi connectivity index (χ2n) is 10.4. The molecular weight excluding hydrogens is 388 g/mol. The third-order valence-electron chi connectivity index (χ3n) is 6.97. The van der Waals surface area contributed by atoms with Crippen molar-refractivity contribution in [3.05, 3.63) is 34.9 Å². The van der Waals surface area contributed by atoms with Crippen molar-refractivity contribution in [2.24, 2.45) is 10.8 Å². The summed E-state index contributed by atoms with van der Waals surface area (Å²) in [6.45, 7) is 5.79. The van der Waals surface area contributed by atoms with Gasteiger partial charge < -0.3 is 10.2 Å². The Labute approximate surface area is 188 Å². The van der Waals surface area contributed by atoms with Crippen LogP contribution in [0.1, 0.15) is 108 Å². The zero-order chi connectivity index (χ0) is 22.9. The van der Waals surface area contributed by atoms with Crippen LogP contribution in [0.3, 0.4) is 0 Å². The van der Waals surface area contributed by atoms with Gasteiger partial charge in [0.25, 0.3) is 0 Å². The van der Waals surface area contributed by atoms with Crippen molar-refractivity contribution in [1.82, 2.24) is 0 Å². The number of carboxylic acid groups (broad SMARTS) is 2. The number of aryl methyl sites for hydroxylation is 3. The summed E-state index contributed by atoms with van der Waals surface area (Å²) in [6.07, 6.45) is 14.4. The van der Waals surface area contributed by atoms with E-state index >= 15 is 0 Å². The average Bonchev–Trinajstić information content (AvgIpc) is 3.48. The van der Waals surface area contributed by atoms with Crippen LogP contribution in [-0.4, -0.2) is 22.2 Å². The first-order chi connectivity index (χ1) is 14.6. The molecule has 1 aliphatic rings. The molecule has 0 spiro atoms. The van der Waals surface area contributed by atoms with Crippen LogP contribution in [0.4, 0.5) is 0 Å². The van der Waals surface area contributed by atoms with Gasteiger partial charge in [0.1, 0.15) is 0 Å². The van der Waals surface area contributed by atoms with Gasteiger partial charge in [0.2, 0.25) is 0 Å². The summed E-state index contributed by atoms with van der Waals surface area (Å²) in [5.74, 6) is -1.30. The van der Waals surface area contributed by atoms with Gasteiger partial charge in [-0.3, -0.25) is 9.59 Å². The maximum absolute atomic E-state index is 11.2. The lowest BCUT2D eigenvalue weighted by Gasteiger charge is -2.18. The minimum absolute atomic E-state index is 0.363. The normalized spacial score (nSPS) is 15.1. The molecule has 4 heteroatoms. The topological polar surface area (TPSA) is 74.6 Å². The van der Waals surface area contributed by atoms with Crippen molar-refractivity contribution in [2.75, 3.05) is 0 Å². The molecule has 0 atom stereocenters. The third kappa shape index (κ3) is 8.66. The van der Waals surface area contributed by atoms with Crippen LogP contribution in [0.2, 0.25) is 0 Å². The van der Waals surface area contributed by atoms with E-state index in [0.717, 1.165) is 77.0 Å². The van der Waals surface area contributed by atoms with Crippen molar-refractivity contribution in [2.45, 2.75) is 111 Å². The molecule has 1 saturated carbocycles. The van der Waals surface area contributed by atoms with E-state index in [1.165, 1.54) is 29.5 Å². The first kappa shape index (κ1) is 25.4.